The molecule has 3 rings (SSSR count). The smallest absolute Gasteiger partial charge is 0.274 e. The molecule has 0 unspecified atom stereocenters. The van der Waals surface area contributed by atoms with E-state index in [1.807, 2.05) is 50.2 Å². The molecule has 0 fully saturated rings. The number of nitrogens with one attached hydrogen (secondary N) is 2. The van der Waals surface area contributed by atoms with Gasteiger partial charge in [-0.3, -0.25) is 4.79 Å². The summed E-state index contributed by atoms with van der Waals surface area (Å²) in [6.07, 6.45) is 1.56. The molecule has 0 saturated carbocycles. The lowest BCUT2D eigenvalue weighted by atomic mass is 10.2. The zero-order valence-electron chi connectivity index (χ0n) is 14.7. The van der Waals surface area contributed by atoms with Crippen LogP contribution in [0.4, 0.5) is 17.3 Å². The number of anilines is 3. The van der Waals surface area contributed by atoms with Crippen LogP contribution in [0.15, 0.2) is 60.8 Å². The first-order valence-electron chi connectivity index (χ1n) is 8.35. The van der Waals surface area contributed by atoms with Gasteiger partial charge in [-0.05, 0) is 55.8 Å². The predicted octanol–water partition coefficient (Wildman–Crippen LogP) is 4.18. The Balaban J connectivity index is 1.71. The van der Waals surface area contributed by atoms with Gasteiger partial charge in [0, 0.05) is 17.6 Å². The number of aromatic nitrogens is 2. The molecule has 0 atom stereocenters. The lowest BCUT2D eigenvalue weighted by molar-refractivity contribution is 0.102. The van der Waals surface area contributed by atoms with Gasteiger partial charge in [-0.2, -0.15) is 0 Å². The summed E-state index contributed by atoms with van der Waals surface area (Å²) >= 11 is 0. The number of hydrogen-bond acceptors (Lipinski definition) is 5. The second kappa shape index (κ2) is 8.11. The number of ether oxygens (including phenoxy) is 1. The lowest BCUT2D eigenvalue weighted by Crippen LogP contribution is -2.14. The maximum atomic E-state index is 12.4. The topological polar surface area (TPSA) is 76.1 Å². The second-order valence-corrected chi connectivity index (χ2v) is 5.62. The van der Waals surface area contributed by atoms with E-state index in [2.05, 4.69) is 20.6 Å². The number of carbonyl (C=O) groups excluding carboxylic acids is 1. The largest absolute Gasteiger partial charge is 0.494 e. The van der Waals surface area contributed by atoms with Gasteiger partial charge in [0.05, 0.1) is 6.61 Å². The quantitative estimate of drug-likeness (QED) is 0.699. The molecule has 0 aliphatic carbocycles. The fourth-order valence-corrected chi connectivity index (χ4v) is 2.38. The molecule has 0 saturated heterocycles. The Morgan fingerprint density at radius 1 is 1.08 bits per heavy atom. The van der Waals surface area contributed by atoms with E-state index in [-0.39, 0.29) is 11.6 Å². The maximum absolute atomic E-state index is 12.4. The normalized spacial score (nSPS) is 10.2. The monoisotopic (exact) mass is 348 g/mol. The number of aryl methyl sites for hydroxylation is 1. The minimum atomic E-state index is -0.301. The van der Waals surface area contributed by atoms with Crippen LogP contribution in [0.5, 0.6) is 5.75 Å². The Morgan fingerprint density at radius 2 is 1.85 bits per heavy atom. The van der Waals surface area contributed by atoms with Crippen molar-refractivity contribution < 1.29 is 9.53 Å². The fourth-order valence-electron chi connectivity index (χ4n) is 2.38. The number of hydrogen-bond donors (Lipinski definition) is 2. The molecule has 0 aliphatic rings. The van der Waals surface area contributed by atoms with Crippen LogP contribution in [0.1, 0.15) is 23.0 Å². The SMILES string of the molecule is CCOc1ccc(NC(=O)c2ccnc(Nc3ccccc3C)n2)cc1. The standard InChI is InChI=1S/C20H20N4O2/c1-3-26-16-10-8-15(9-11-16)22-19(25)18-12-13-21-20(24-18)23-17-7-5-4-6-14(17)2/h4-13H,3H2,1-2H3,(H,22,25)(H,21,23,24). The van der Waals surface area contributed by atoms with Gasteiger partial charge in [-0.1, -0.05) is 18.2 Å². The van der Waals surface area contributed by atoms with Gasteiger partial charge in [0.1, 0.15) is 11.4 Å². The zero-order valence-corrected chi connectivity index (χ0v) is 14.7. The molecule has 1 heterocycles. The molecule has 26 heavy (non-hydrogen) atoms. The van der Waals surface area contributed by atoms with Crippen LogP contribution < -0.4 is 15.4 Å². The summed E-state index contributed by atoms with van der Waals surface area (Å²) in [5.74, 6) is 0.834. The van der Waals surface area contributed by atoms with Crippen molar-refractivity contribution in [3.63, 3.8) is 0 Å². The Bertz CT molecular complexity index is 894. The van der Waals surface area contributed by atoms with Crippen LogP contribution in [0.3, 0.4) is 0 Å². The molecule has 1 amide bonds. The third-order valence-corrected chi connectivity index (χ3v) is 3.70. The number of rotatable bonds is 6. The maximum Gasteiger partial charge on any atom is 0.274 e. The van der Waals surface area contributed by atoms with Gasteiger partial charge in [0.25, 0.3) is 5.91 Å². The molecule has 6 nitrogen and oxygen atoms in total. The van der Waals surface area contributed by atoms with E-state index in [9.17, 15) is 4.79 Å². The summed E-state index contributed by atoms with van der Waals surface area (Å²) in [6, 6.07) is 16.6. The number of benzene rings is 2. The molecule has 2 N–H and O–H groups in total. The van der Waals surface area contributed by atoms with Crippen LogP contribution in [0.25, 0.3) is 0 Å². The van der Waals surface area contributed by atoms with Crippen molar-refractivity contribution in [3.8, 4) is 5.75 Å². The molecule has 6 heteroatoms. The average molecular weight is 348 g/mol. The molecule has 0 aliphatic heterocycles. The number of amides is 1. The third-order valence-electron chi connectivity index (χ3n) is 3.70. The molecule has 0 bridgehead atoms. The van der Waals surface area contributed by atoms with Gasteiger partial charge >= 0.3 is 0 Å². The first-order valence-corrected chi connectivity index (χ1v) is 8.35. The highest BCUT2D eigenvalue weighted by molar-refractivity contribution is 6.03. The highest BCUT2D eigenvalue weighted by atomic mass is 16.5. The van der Waals surface area contributed by atoms with Crippen molar-refractivity contribution >= 4 is 23.2 Å². The Morgan fingerprint density at radius 3 is 2.58 bits per heavy atom. The van der Waals surface area contributed by atoms with Crippen molar-refractivity contribution in [1.82, 2.24) is 9.97 Å². The lowest BCUT2D eigenvalue weighted by Gasteiger charge is -2.09. The molecule has 0 radical (unpaired) electrons. The van der Waals surface area contributed by atoms with Crippen LogP contribution >= 0.6 is 0 Å². The van der Waals surface area contributed by atoms with Crippen LogP contribution in [0.2, 0.25) is 0 Å². The van der Waals surface area contributed by atoms with Crippen LogP contribution in [-0.4, -0.2) is 22.5 Å². The van der Waals surface area contributed by atoms with E-state index in [0.717, 1.165) is 17.0 Å². The molecule has 132 valence electrons. The van der Waals surface area contributed by atoms with Gasteiger partial charge in [0.2, 0.25) is 5.95 Å². The molecule has 3 aromatic rings. The Labute approximate surface area is 152 Å². The van der Waals surface area contributed by atoms with Crippen molar-refractivity contribution in [3.05, 3.63) is 72.1 Å². The first-order chi connectivity index (χ1) is 12.7. The van der Waals surface area contributed by atoms with Gasteiger partial charge in [0.15, 0.2) is 0 Å². The fraction of sp³-hybridized carbons (Fsp3) is 0.150. The minimum Gasteiger partial charge on any atom is -0.494 e. The van der Waals surface area contributed by atoms with E-state index in [1.54, 1.807) is 24.4 Å². The molecular weight excluding hydrogens is 328 g/mol. The van der Waals surface area contributed by atoms with Crippen molar-refractivity contribution in [2.45, 2.75) is 13.8 Å². The van der Waals surface area contributed by atoms with E-state index >= 15 is 0 Å². The van der Waals surface area contributed by atoms with Crippen molar-refractivity contribution in [2.75, 3.05) is 17.2 Å². The average Bonchev–Trinajstić information content (AvgIpc) is 2.66. The summed E-state index contributed by atoms with van der Waals surface area (Å²) in [5.41, 5.74) is 2.92. The van der Waals surface area contributed by atoms with Crippen LogP contribution in [-0.2, 0) is 0 Å². The van der Waals surface area contributed by atoms with Crippen LogP contribution in [0, 0.1) is 6.92 Å². The van der Waals surface area contributed by atoms with Gasteiger partial charge < -0.3 is 15.4 Å². The summed E-state index contributed by atoms with van der Waals surface area (Å²) in [4.78, 5) is 20.9. The van der Waals surface area contributed by atoms with Crippen molar-refractivity contribution in [1.29, 1.82) is 0 Å². The van der Waals surface area contributed by atoms with E-state index in [0.29, 0.717) is 18.2 Å². The predicted molar refractivity (Wildman–Crippen MR) is 102 cm³/mol. The third kappa shape index (κ3) is 4.36. The number of carbonyl (C=O) groups is 1. The van der Waals surface area contributed by atoms with Gasteiger partial charge in [-0.15, -0.1) is 0 Å². The molecule has 2 aromatic carbocycles. The molecule has 1 aromatic heterocycles. The Kier molecular flexibility index (Phi) is 5.43. The van der Waals surface area contributed by atoms with E-state index in [1.165, 1.54) is 0 Å². The summed E-state index contributed by atoms with van der Waals surface area (Å²) in [6.45, 7) is 4.52. The number of para-hydroxylation sites is 1. The Hall–Kier alpha value is -3.41. The van der Waals surface area contributed by atoms with E-state index in [4.69, 9.17) is 4.74 Å². The zero-order chi connectivity index (χ0) is 18.4. The molecular formula is C20H20N4O2. The molecule has 0 spiro atoms. The second-order valence-electron chi connectivity index (χ2n) is 5.62. The van der Waals surface area contributed by atoms with Crippen molar-refractivity contribution in [2.24, 2.45) is 0 Å². The van der Waals surface area contributed by atoms with E-state index < -0.39 is 0 Å². The highest BCUT2D eigenvalue weighted by Gasteiger charge is 2.10. The summed E-state index contributed by atoms with van der Waals surface area (Å²) in [5, 5.41) is 5.95. The summed E-state index contributed by atoms with van der Waals surface area (Å²) in [7, 11) is 0. The number of nitrogens with zero attached hydrogens (tertiary/aromatic N) is 2. The first kappa shape index (κ1) is 17.4. The van der Waals surface area contributed by atoms with Gasteiger partial charge in [-0.25, -0.2) is 9.97 Å². The minimum absolute atomic E-state index is 0.282. The summed E-state index contributed by atoms with van der Waals surface area (Å²) < 4.78 is 5.39. The highest BCUT2D eigenvalue weighted by Crippen LogP contribution is 2.18.